The Morgan fingerprint density at radius 3 is 3.07 bits per heavy atom. The fourth-order valence-electron chi connectivity index (χ4n) is 2.22. The highest BCUT2D eigenvalue weighted by molar-refractivity contribution is 5.56. The van der Waals surface area contributed by atoms with Crippen LogP contribution in [0.3, 0.4) is 0 Å². The number of nitrogens with zero attached hydrogens (tertiary/aromatic N) is 1. The minimum atomic E-state index is 0.414. The van der Waals surface area contributed by atoms with Crippen LogP contribution < -0.4 is 5.32 Å². The molecule has 76 valence electrons. The fourth-order valence-corrected chi connectivity index (χ4v) is 2.22. The zero-order valence-corrected chi connectivity index (χ0v) is 8.40. The molecule has 0 saturated carbocycles. The summed E-state index contributed by atoms with van der Waals surface area (Å²) in [5.41, 5.74) is 2.59. The lowest BCUT2D eigenvalue weighted by Gasteiger charge is -2.25. The van der Waals surface area contributed by atoms with Gasteiger partial charge in [0.25, 0.3) is 0 Å². The van der Waals surface area contributed by atoms with Gasteiger partial charge in [-0.05, 0) is 18.1 Å². The van der Waals surface area contributed by atoms with Crippen molar-refractivity contribution in [2.24, 2.45) is 0 Å². The van der Waals surface area contributed by atoms with E-state index in [9.17, 15) is 0 Å². The largest absolute Gasteiger partial charge is 0.385 e. The minimum Gasteiger partial charge on any atom is -0.385 e. The lowest BCUT2D eigenvalue weighted by atomic mass is 9.90. The van der Waals surface area contributed by atoms with Crippen molar-refractivity contribution in [1.82, 2.24) is 9.97 Å². The lowest BCUT2D eigenvalue weighted by Crippen LogP contribution is -2.18. The van der Waals surface area contributed by atoms with Crippen molar-refractivity contribution in [2.45, 2.75) is 12.3 Å². The number of aromatic amines is 1. The zero-order chi connectivity index (χ0) is 10.1. The van der Waals surface area contributed by atoms with Crippen LogP contribution in [0, 0.1) is 0 Å². The number of anilines is 1. The number of H-pyrrole nitrogens is 1. The van der Waals surface area contributed by atoms with Crippen molar-refractivity contribution < 1.29 is 0 Å². The van der Waals surface area contributed by atoms with Gasteiger partial charge in [0.05, 0.1) is 0 Å². The predicted molar refractivity (Wildman–Crippen MR) is 60.0 cm³/mol. The standard InChI is InChI=1S/C12H13N3/c1-2-4-11-9(3-1)10(5-6-13-11)12-14-7-8-15-12/h1-4,7-8,10,13H,5-6H2,(H,14,15). The van der Waals surface area contributed by atoms with Gasteiger partial charge in [0.1, 0.15) is 5.82 Å². The molecular formula is C12H13N3. The summed E-state index contributed by atoms with van der Waals surface area (Å²) < 4.78 is 0. The summed E-state index contributed by atoms with van der Waals surface area (Å²) in [6, 6.07) is 8.46. The molecule has 2 heterocycles. The molecule has 1 unspecified atom stereocenters. The van der Waals surface area contributed by atoms with Crippen LogP contribution in [-0.4, -0.2) is 16.5 Å². The summed E-state index contributed by atoms with van der Waals surface area (Å²) >= 11 is 0. The molecule has 1 aliphatic rings. The number of imidazole rings is 1. The minimum absolute atomic E-state index is 0.414. The number of nitrogens with one attached hydrogen (secondary N) is 2. The monoisotopic (exact) mass is 199 g/mol. The number of benzene rings is 1. The van der Waals surface area contributed by atoms with Crippen LogP contribution in [0.15, 0.2) is 36.7 Å². The maximum atomic E-state index is 4.36. The van der Waals surface area contributed by atoms with Gasteiger partial charge in [-0.25, -0.2) is 4.98 Å². The van der Waals surface area contributed by atoms with Crippen LogP contribution in [-0.2, 0) is 0 Å². The smallest absolute Gasteiger partial charge is 0.113 e. The lowest BCUT2D eigenvalue weighted by molar-refractivity contribution is 0.684. The summed E-state index contributed by atoms with van der Waals surface area (Å²) in [7, 11) is 0. The summed E-state index contributed by atoms with van der Waals surface area (Å²) in [5, 5.41) is 3.41. The molecule has 1 aromatic heterocycles. The Balaban J connectivity index is 2.06. The van der Waals surface area contributed by atoms with E-state index in [1.807, 2.05) is 12.4 Å². The number of fused-ring (bicyclic) bond motifs is 1. The number of hydrogen-bond acceptors (Lipinski definition) is 2. The van der Waals surface area contributed by atoms with Crippen LogP contribution in [0.5, 0.6) is 0 Å². The molecular weight excluding hydrogens is 186 g/mol. The Morgan fingerprint density at radius 1 is 1.27 bits per heavy atom. The van der Waals surface area contributed by atoms with E-state index in [2.05, 4.69) is 39.6 Å². The van der Waals surface area contributed by atoms with Gasteiger partial charge < -0.3 is 10.3 Å². The SMILES string of the molecule is c1ccc2c(c1)NCCC2c1ncc[nH]1. The Labute approximate surface area is 88.6 Å². The Hall–Kier alpha value is -1.77. The van der Waals surface area contributed by atoms with Crippen molar-refractivity contribution in [3.8, 4) is 0 Å². The maximum Gasteiger partial charge on any atom is 0.113 e. The zero-order valence-electron chi connectivity index (χ0n) is 8.40. The molecule has 2 N–H and O–H groups in total. The number of aromatic nitrogens is 2. The first-order valence-corrected chi connectivity index (χ1v) is 5.27. The second kappa shape index (κ2) is 3.42. The Kier molecular flexibility index (Phi) is 1.95. The first kappa shape index (κ1) is 8.53. The van der Waals surface area contributed by atoms with E-state index in [0.29, 0.717) is 5.92 Å². The number of rotatable bonds is 1. The first-order valence-electron chi connectivity index (χ1n) is 5.27. The van der Waals surface area contributed by atoms with E-state index in [1.165, 1.54) is 11.3 Å². The average Bonchev–Trinajstić information content (AvgIpc) is 2.82. The molecule has 0 radical (unpaired) electrons. The highest BCUT2D eigenvalue weighted by atomic mass is 14.9. The highest BCUT2D eigenvalue weighted by Crippen LogP contribution is 2.34. The molecule has 15 heavy (non-hydrogen) atoms. The fraction of sp³-hybridized carbons (Fsp3) is 0.250. The van der Waals surface area contributed by atoms with E-state index in [4.69, 9.17) is 0 Å². The third-order valence-corrected chi connectivity index (χ3v) is 2.93. The molecule has 0 bridgehead atoms. The summed E-state index contributed by atoms with van der Waals surface area (Å²) in [5.74, 6) is 1.49. The molecule has 0 amide bonds. The van der Waals surface area contributed by atoms with Crippen LogP contribution in [0.4, 0.5) is 5.69 Å². The first-order chi connectivity index (χ1) is 7.45. The van der Waals surface area contributed by atoms with Crippen molar-refractivity contribution in [3.05, 3.63) is 48.0 Å². The van der Waals surface area contributed by atoms with Gasteiger partial charge in [-0.2, -0.15) is 0 Å². The third kappa shape index (κ3) is 1.40. The quantitative estimate of drug-likeness (QED) is 0.740. The molecule has 1 aromatic carbocycles. The van der Waals surface area contributed by atoms with E-state index >= 15 is 0 Å². The van der Waals surface area contributed by atoms with Gasteiger partial charge >= 0.3 is 0 Å². The third-order valence-electron chi connectivity index (χ3n) is 2.93. The van der Waals surface area contributed by atoms with Crippen LogP contribution in [0.1, 0.15) is 23.7 Å². The molecule has 0 saturated heterocycles. The summed E-state index contributed by atoms with van der Waals surface area (Å²) in [6.45, 7) is 1.02. The van der Waals surface area contributed by atoms with E-state index in [0.717, 1.165) is 18.8 Å². The van der Waals surface area contributed by atoms with Gasteiger partial charge in [0.2, 0.25) is 0 Å². The van der Waals surface area contributed by atoms with Gasteiger partial charge in [-0.3, -0.25) is 0 Å². The Morgan fingerprint density at radius 2 is 2.20 bits per heavy atom. The molecule has 1 aliphatic heterocycles. The normalized spacial score (nSPS) is 19.3. The van der Waals surface area contributed by atoms with Crippen molar-refractivity contribution in [1.29, 1.82) is 0 Å². The summed E-state index contributed by atoms with van der Waals surface area (Å²) in [6.07, 6.45) is 4.81. The second-order valence-electron chi connectivity index (χ2n) is 3.83. The van der Waals surface area contributed by atoms with Crippen LogP contribution in [0.25, 0.3) is 0 Å². The molecule has 3 nitrogen and oxygen atoms in total. The second-order valence-corrected chi connectivity index (χ2v) is 3.83. The Bertz CT molecular complexity index is 448. The molecule has 0 spiro atoms. The van der Waals surface area contributed by atoms with Gasteiger partial charge in [0, 0.05) is 30.5 Å². The number of para-hydroxylation sites is 1. The van der Waals surface area contributed by atoms with Crippen molar-refractivity contribution >= 4 is 5.69 Å². The van der Waals surface area contributed by atoms with Crippen LogP contribution >= 0.6 is 0 Å². The molecule has 3 rings (SSSR count). The van der Waals surface area contributed by atoms with Gasteiger partial charge in [0.15, 0.2) is 0 Å². The molecule has 2 aromatic rings. The molecule has 0 fully saturated rings. The van der Waals surface area contributed by atoms with Crippen molar-refractivity contribution in [2.75, 3.05) is 11.9 Å². The molecule has 3 heteroatoms. The molecule has 1 atom stereocenters. The van der Waals surface area contributed by atoms with Gasteiger partial charge in [-0.15, -0.1) is 0 Å². The maximum absolute atomic E-state index is 4.36. The van der Waals surface area contributed by atoms with Crippen LogP contribution in [0.2, 0.25) is 0 Å². The van der Waals surface area contributed by atoms with Gasteiger partial charge in [-0.1, -0.05) is 18.2 Å². The topological polar surface area (TPSA) is 40.7 Å². The average molecular weight is 199 g/mol. The molecule has 0 aliphatic carbocycles. The van der Waals surface area contributed by atoms with Crippen molar-refractivity contribution in [3.63, 3.8) is 0 Å². The van der Waals surface area contributed by atoms with E-state index in [-0.39, 0.29) is 0 Å². The van der Waals surface area contributed by atoms with E-state index < -0.39 is 0 Å². The van der Waals surface area contributed by atoms with E-state index in [1.54, 1.807) is 0 Å². The number of hydrogen-bond donors (Lipinski definition) is 2. The predicted octanol–water partition coefficient (Wildman–Crippen LogP) is 2.36. The summed E-state index contributed by atoms with van der Waals surface area (Å²) in [4.78, 5) is 7.56. The highest BCUT2D eigenvalue weighted by Gasteiger charge is 2.22.